The molecule has 3 atom stereocenters. The van der Waals surface area contributed by atoms with Gasteiger partial charge in [-0.25, -0.2) is 0 Å². The molecule has 1 heterocycles. The van der Waals surface area contributed by atoms with Crippen LogP contribution < -0.4 is 5.73 Å². The lowest BCUT2D eigenvalue weighted by Gasteiger charge is -2.31. The van der Waals surface area contributed by atoms with E-state index >= 15 is 0 Å². The van der Waals surface area contributed by atoms with E-state index in [1.165, 1.54) is 0 Å². The number of carboxylic acid groups (broad SMARTS) is 1. The van der Waals surface area contributed by atoms with E-state index < -0.39 is 11.4 Å². The fourth-order valence-corrected chi connectivity index (χ4v) is 3.62. The molecule has 0 spiro atoms. The molecule has 0 radical (unpaired) electrons. The summed E-state index contributed by atoms with van der Waals surface area (Å²) in [6.07, 6.45) is 4.20. The van der Waals surface area contributed by atoms with E-state index in [-0.39, 0.29) is 23.8 Å². The average Bonchev–Trinajstić information content (AvgIpc) is 2.84. The molecule has 1 saturated carbocycles. The summed E-state index contributed by atoms with van der Waals surface area (Å²) >= 11 is 0. The average molecular weight is 282 g/mol. The monoisotopic (exact) mass is 282 g/mol. The highest BCUT2D eigenvalue weighted by atomic mass is 16.4. The Kier molecular flexibility index (Phi) is 4.37. The number of aliphatic carboxylic acids is 1. The standard InChI is InChI=1S/C15H26N2O3/c1-10(2)15(14(19)20)6-7-17(9-15)13(18)11-4-3-5-12(16)8-11/h10-12H,3-9,16H2,1-2H3,(H,19,20). The van der Waals surface area contributed by atoms with Gasteiger partial charge in [-0.1, -0.05) is 20.3 Å². The first kappa shape index (κ1) is 15.3. The van der Waals surface area contributed by atoms with Crippen molar-refractivity contribution in [2.75, 3.05) is 13.1 Å². The predicted molar refractivity (Wildman–Crippen MR) is 76.0 cm³/mol. The van der Waals surface area contributed by atoms with E-state index in [2.05, 4.69) is 0 Å². The van der Waals surface area contributed by atoms with Crippen molar-refractivity contribution in [2.45, 2.75) is 52.0 Å². The molecule has 1 amide bonds. The zero-order valence-corrected chi connectivity index (χ0v) is 12.5. The Bertz CT molecular complexity index is 397. The quantitative estimate of drug-likeness (QED) is 0.821. The summed E-state index contributed by atoms with van der Waals surface area (Å²) in [5.41, 5.74) is 5.18. The van der Waals surface area contributed by atoms with Crippen molar-refractivity contribution < 1.29 is 14.7 Å². The number of nitrogens with zero attached hydrogens (tertiary/aromatic N) is 1. The predicted octanol–water partition coefficient (Wildman–Crippen LogP) is 1.46. The number of amides is 1. The molecule has 5 heteroatoms. The molecule has 0 bridgehead atoms. The summed E-state index contributed by atoms with van der Waals surface area (Å²) in [6.45, 7) is 4.77. The zero-order valence-electron chi connectivity index (χ0n) is 12.5. The van der Waals surface area contributed by atoms with Crippen LogP contribution in [0.2, 0.25) is 0 Å². The van der Waals surface area contributed by atoms with Crippen LogP contribution in [0.4, 0.5) is 0 Å². The Morgan fingerprint density at radius 1 is 1.35 bits per heavy atom. The lowest BCUT2D eigenvalue weighted by molar-refractivity contribution is -0.151. The molecule has 0 aromatic carbocycles. The highest BCUT2D eigenvalue weighted by Crippen LogP contribution is 2.39. The maximum absolute atomic E-state index is 12.6. The van der Waals surface area contributed by atoms with Gasteiger partial charge in [0, 0.05) is 25.0 Å². The van der Waals surface area contributed by atoms with Gasteiger partial charge in [0.15, 0.2) is 0 Å². The third-order valence-corrected chi connectivity index (χ3v) is 5.21. The number of rotatable bonds is 3. The molecule has 1 aliphatic heterocycles. The second-order valence-corrected chi connectivity index (χ2v) is 6.75. The molecule has 20 heavy (non-hydrogen) atoms. The second kappa shape index (κ2) is 5.72. The molecule has 114 valence electrons. The third kappa shape index (κ3) is 2.68. The van der Waals surface area contributed by atoms with Gasteiger partial charge in [-0.3, -0.25) is 9.59 Å². The SMILES string of the molecule is CC(C)C1(C(=O)O)CCN(C(=O)C2CCCC(N)C2)C1. The van der Waals surface area contributed by atoms with Gasteiger partial charge in [-0.05, 0) is 31.6 Å². The Labute approximate surface area is 120 Å². The van der Waals surface area contributed by atoms with Crippen LogP contribution in [-0.4, -0.2) is 41.0 Å². The van der Waals surface area contributed by atoms with Crippen molar-refractivity contribution in [2.24, 2.45) is 23.0 Å². The van der Waals surface area contributed by atoms with Gasteiger partial charge in [-0.2, -0.15) is 0 Å². The number of likely N-dealkylation sites (tertiary alicyclic amines) is 1. The van der Waals surface area contributed by atoms with Crippen LogP contribution in [0, 0.1) is 17.3 Å². The number of nitrogens with two attached hydrogens (primary N) is 1. The summed E-state index contributed by atoms with van der Waals surface area (Å²) in [6, 6.07) is 0.120. The fourth-order valence-electron chi connectivity index (χ4n) is 3.62. The molecule has 2 rings (SSSR count). The molecule has 2 aliphatic rings. The molecule has 0 aromatic heterocycles. The van der Waals surface area contributed by atoms with Crippen LogP contribution in [0.15, 0.2) is 0 Å². The second-order valence-electron chi connectivity index (χ2n) is 6.75. The molecule has 2 fully saturated rings. The van der Waals surface area contributed by atoms with Crippen LogP contribution >= 0.6 is 0 Å². The van der Waals surface area contributed by atoms with Crippen LogP contribution in [0.3, 0.4) is 0 Å². The van der Waals surface area contributed by atoms with Crippen LogP contribution in [0.1, 0.15) is 46.0 Å². The number of hydrogen-bond acceptors (Lipinski definition) is 3. The maximum atomic E-state index is 12.6. The van der Waals surface area contributed by atoms with Gasteiger partial charge in [-0.15, -0.1) is 0 Å². The van der Waals surface area contributed by atoms with E-state index in [1.54, 1.807) is 4.90 Å². The molecule has 3 unspecified atom stereocenters. The van der Waals surface area contributed by atoms with Crippen molar-refractivity contribution in [1.82, 2.24) is 4.90 Å². The van der Waals surface area contributed by atoms with Crippen LogP contribution in [0.5, 0.6) is 0 Å². The lowest BCUT2D eigenvalue weighted by atomic mass is 9.76. The number of carbonyl (C=O) groups is 2. The van der Waals surface area contributed by atoms with E-state index in [4.69, 9.17) is 5.73 Å². The van der Waals surface area contributed by atoms with E-state index in [1.807, 2.05) is 13.8 Å². The van der Waals surface area contributed by atoms with Gasteiger partial charge in [0.1, 0.15) is 0 Å². The molecule has 1 saturated heterocycles. The fraction of sp³-hybridized carbons (Fsp3) is 0.867. The van der Waals surface area contributed by atoms with E-state index in [9.17, 15) is 14.7 Å². The molecule has 1 aliphatic carbocycles. The highest BCUT2D eigenvalue weighted by molar-refractivity contribution is 5.82. The third-order valence-electron chi connectivity index (χ3n) is 5.21. The van der Waals surface area contributed by atoms with E-state index in [0.29, 0.717) is 19.5 Å². The minimum absolute atomic E-state index is 0.00416. The van der Waals surface area contributed by atoms with Crippen molar-refractivity contribution in [3.05, 3.63) is 0 Å². The molecule has 5 nitrogen and oxygen atoms in total. The summed E-state index contributed by atoms with van der Waals surface area (Å²) < 4.78 is 0. The van der Waals surface area contributed by atoms with Crippen molar-refractivity contribution in [1.29, 1.82) is 0 Å². The summed E-state index contributed by atoms with van der Waals surface area (Å²) in [7, 11) is 0. The molecular formula is C15H26N2O3. The Hall–Kier alpha value is -1.10. The number of hydrogen-bond donors (Lipinski definition) is 2. The van der Waals surface area contributed by atoms with Crippen molar-refractivity contribution in [3.8, 4) is 0 Å². The largest absolute Gasteiger partial charge is 0.481 e. The highest BCUT2D eigenvalue weighted by Gasteiger charge is 2.49. The van der Waals surface area contributed by atoms with Gasteiger partial charge >= 0.3 is 5.97 Å². The summed E-state index contributed by atoms with van der Waals surface area (Å²) in [4.78, 5) is 25.9. The Morgan fingerprint density at radius 2 is 2.05 bits per heavy atom. The van der Waals surface area contributed by atoms with Crippen molar-refractivity contribution >= 4 is 11.9 Å². The maximum Gasteiger partial charge on any atom is 0.311 e. The first-order valence-electron chi connectivity index (χ1n) is 7.64. The Balaban J connectivity index is 2.04. The number of carboxylic acids is 1. The molecular weight excluding hydrogens is 256 g/mol. The van der Waals surface area contributed by atoms with Gasteiger partial charge in [0.25, 0.3) is 0 Å². The van der Waals surface area contributed by atoms with Crippen molar-refractivity contribution in [3.63, 3.8) is 0 Å². The van der Waals surface area contributed by atoms with Gasteiger partial charge in [0.05, 0.1) is 5.41 Å². The normalized spacial score (nSPS) is 34.5. The van der Waals surface area contributed by atoms with Crippen LogP contribution in [0.25, 0.3) is 0 Å². The topological polar surface area (TPSA) is 83.6 Å². The molecule has 0 aromatic rings. The minimum atomic E-state index is -0.775. The summed E-state index contributed by atoms with van der Waals surface area (Å²) in [5.74, 6) is -0.631. The van der Waals surface area contributed by atoms with Gasteiger partial charge < -0.3 is 15.7 Å². The van der Waals surface area contributed by atoms with E-state index in [0.717, 1.165) is 25.7 Å². The van der Waals surface area contributed by atoms with Gasteiger partial charge in [0.2, 0.25) is 5.91 Å². The summed E-state index contributed by atoms with van der Waals surface area (Å²) in [5, 5.41) is 9.53. The number of carbonyl (C=O) groups excluding carboxylic acids is 1. The van der Waals surface area contributed by atoms with Crippen LogP contribution in [-0.2, 0) is 9.59 Å². The Morgan fingerprint density at radius 3 is 2.55 bits per heavy atom. The lowest BCUT2D eigenvalue weighted by Crippen LogP contribution is -2.43. The zero-order chi connectivity index (χ0) is 14.9. The smallest absolute Gasteiger partial charge is 0.311 e. The first-order chi connectivity index (χ1) is 9.36. The molecule has 3 N–H and O–H groups in total. The minimum Gasteiger partial charge on any atom is -0.481 e. The first-order valence-corrected chi connectivity index (χ1v) is 7.64.